The Bertz CT molecular complexity index is 1640. The molecule has 0 saturated heterocycles. The monoisotopic (exact) mass is 580 g/mol. The minimum Gasteiger partial charge on any atom is -0.360 e. The van der Waals surface area contributed by atoms with Crippen molar-refractivity contribution in [2.45, 2.75) is 51.7 Å². The van der Waals surface area contributed by atoms with Gasteiger partial charge in [0.25, 0.3) is 5.91 Å². The number of para-hydroxylation sites is 1. The molecule has 0 bridgehead atoms. The topological polar surface area (TPSA) is 100.0 Å². The van der Waals surface area contributed by atoms with Crippen LogP contribution in [-0.4, -0.2) is 46.5 Å². The number of nitrogens with one attached hydrogen (secondary N) is 1. The summed E-state index contributed by atoms with van der Waals surface area (Å²) in [6.07, 6.45) is 6.55. The van der Waals surface area contributed by atoms with Gasteiger partial charge in [0.1, 0.15) is 6.73 Å². The van der Waals surface area contributed by atoms with Gasteiger partial charge in [0.2, 0.25) is 5.95 Å². The number of amides is 1. The Hall–Kier alpha value is -4.05. The average molecular weight is 581 g/mol. The molecule has 8 nitrogen and oxygen atoms in total. The fraction of sp³-hybridized carbons (Fsp3) is 0.303. The molecule has 0 aliphatic carbocycles. The Labute approximate surface area is 248 Å². The second kappa shape index (κ2) is 13.3. The second-order valence-electron chi connectivity index (χ2n) is 11.8. The number of rotatable bonds is 13. The van der Waals surface area contributed by atoms with Gasteiger partial charge in [-0.1, -0.05) is 56.0 Å². The smallest absolute Gasteiger partial charge is 0.258 e. The van der Waals surface area contributed by atoms with Crippen LogP contribution in [0, 0.1) is 0 Å². The average Bonchev–Trinajstić information content (AvgIpc) is 3.59. The highest BCUT2D eigenvalue weighted by atomic mass is 28.3. The third kappa shape index (κ3) is 7.41. The van der Waals surface area contributed by atoms with Crippen LogP contribution in [0.25, 0.3) is 27.7 Å². The molecule has 5 rings (SSSR count). The van der Waals surface area contributed by atoms with Crippen LogP contribution >= 0.6 is 0 Å². The van der Waals surface area contributed by atoms with Gasteiger partial charge in [-0.15, -0.1) is 0 Å². The van der Waals surface area contributed by atoms with Gasteiger partial charge in [0.15, 0.2) is 0 Å². The lowest BCUT2D eigenvalue weighted by atomic mass is 10.0. The molecule has 2 heterocycles. The predicted molar refractivity (Wildman–Crippen MR) is 173 cm³/mol. The third-order valence-corrected chi connectivity index (χ3v) is 8.92. The van der Waals surface area contributed by atoms with Crippen LogP contribution in [0.15, 0.2) is 85.2 Å². The molecule has 0 radical (unpaired) electrons. The number of nitrogens with zero attached hydrogens (tertiary/aromatic N) is 4. The molecule has 0 fully saturated rings. The van der Waals surface area contributed by atoms with E-state index < -0.39 is 8.07 Å². The number of carbonyl (C=O) groups excluding carboxylic acids is 1. The lowest BCUT2D eigenvalue weighted by Gasteiger charge is -2.15. The molecule has 3 aromatic carbocycles. The summed E-state index contributed by atoms with van der Waals surface area (Å²) in [5, 5.41) is 8.61. The zero-order chi connectivity index (χ0) is 29.5. The predicted octanol–water partition coefficient (Wildman–Crippen LogP) is 6.74. The Kier molecular flexibility index (Phi) is 9.31. The number of ether oxygens (including phenoxy) is 1. The molecule has 9 heteroatoms. The number of aryl methyl sites for hydroxylation is 1. The minimum atomic E-state index is -1.13. The number of aromatic nitrogens is 4. The van der Waals surface area contributed by atoms with Crippen molar-refractivity contribution in [2.24, 2.45) is 5.73 Å². The van der Waals surface area contributed by atoms with Gasteiger partial charge in [0, 0.05) is 37.5 Å². The van der Waals surface area contributed by atoms with Gasteiger partial charge in [-0.25, -0.2) is 9.67 Å². The molecule has 218 valence electrons. The number of unbranched alkanes of at least 4 members (excludes halogenated alkanes) is 1. The fourth-order valence-electron chi connectivity index (χ4n) is 4.79. The van der Waals surface area contributed by atoms with Crippen molar-refractivity contribution in [3.63, 3.8) is 0 Å². The highest BCUT2D eigenvalue weighted by Gasteiger charge is 2.16. The first-order valence-electron chi connectivity index (χ1n) is 14.6. The summed E-state index contributed by atoms with van der Waals surface area (Å²) in [4.78, 5) is 18.2. The van der Waals surface area contributed by atoms with Crippen molar-refractivity contribution < 1.29 is 9.53 Å². The number of nitrogens with two attached hydrogens (primary N) is 1. The van der Waals surface area contributed by atoms with Crippen molar-refractivity contribution in [1.29, 1.82) is 0 Å². The normalized spacial score (nSPS) is 11.7. The zero-order valence-corrected chi connectivity index (χ0v) is 25.7. The summed E-state index contributed by atoms with van der Waals surface area (Å²) in [6.45, 7) is 8.90. The van der Waals surface area contributed by atoms with Crippen molar-refractivity contribution in [1.82, 2.24) is 19.3 Å². The van der Waals surface area contributed by atoms with E-state index in [0.29, 0.717) is 24.8 Å². The van der Waals surface area contributed by atoms with Gasteiger partial charge in [-0.2, -0.15) is 5.10 Å². The third-order valence-electron chi connectivity index (χ3n) is 7.21. The molecular formula is C33H40N6O2Si. The van der Waals surface area contributed by atoms with Crippen LogP contribution in [0.1, 0.15) is 28.9 Å². The molecule has 42 heavy (non-hydrogen) atoms. The number of carbonyl (C=O) groups is 1. The van der Waals surface area contributed by atoms with Gasteiger partial charge in [0.05, 0.1) is 17.4 Å². The van der Waals surface area contributed by atoms with E-state index in [9.17, 15) is 4.79 Å². The van der Waals surface area contributed by atoms with Gasteiger partial charge >= 0.3 is 0 Å². The molecule has 1 amide bonds. The molecule has 0 spiro atoms. The maximum Gasteiger partial charge on any atom is 0.258 e. The summed E-state index contributed by atoms with van der Waals surface area (Å²) in [5.74, 6) is 0.290. The number of hydrogen-bond donors (Lipinski definition) is 2. The van der Waals surface area contributed by atoms with Crippen LogP contribution in [0.3, 0.4) is 0 Å². The van der Waals surface area contributed by atoms with E-state index in [-0.39, 0.29) is 5.91 Å². The van der Waals surface area contributed by atoms with E-state index >= 15 is 0 Å². The number of fused-ring (bicyclic) bond motifs is 1. The highest BCUT2D eigenvalue weighted by molar-refractivity contribution is 6.76. The molecular weight excluding hydrogens is 540 g/mol. The van der Waals surface area contributed by atoms with Gasteiger partial charge < -0.3 is 10.5 Å². The van der Waals surface area contributed by atoms with Crippen LogP contribution in [0.5, 0.6) is 0 Å². The first-order chi connectivity index (χ1) is 20.3. The second-order valence-corrected chi connectivity index (χ2v) is 17.4. The summed E-state index contributed by atoms with van der Waals surface area (Å²) in [6, 6.07) is 24.9. The van der Waals surface area contributed by atoms with E-state index in [2.05, 4.69) is 48.3 Å². The number of anilines is 1. The van der Waals surface area contributed by atoms with Crippen LogP contribution in [0.4, 0.5) is 5.95 Å². The molecule has 0 aliphatic heterocycles. The van der Waals surface area contributed by atoms with E-state index in [1.165, 1.54) is 0 Å². The summed E-state index contributed by atoms with van der Waals surface area (Å²) in [7, 11) is -1.13. The van der Waals surface area contributed by atoms with Crippen molar-refractivity contribution >= 4 is 30.8 Å². The van der Waals surface area contributed by atoms with Gasteiger partial charge in [-0.3, -0.25) is 14.7 Å². The van der Waals surface area contributed by atoms with Crippen LogP contribution in [-0.2, 0) is 17.9 Å². The quantitative estimate of drug-likeness (QED) is 0.119. The Morgan fingerprint density at radius 2 is 1.79 bits per heavy atom. The minimum absolute atomic E-state index is 0.211. The van der Waals surface area contributed by atoms with E-state index in [1.807, 2.05) is 76.2 Å². The van der Waals surface area contributed by atoms with Crippen LogP contribution < -0.4 is 11.1 Å². The van der Waals surface area contributed by atoms with E-state index in [1.54, 1.807) is 0 Å². The molecule has 0 unspecified atom stereocenters. The van der Waals surface area contributed by atoms with Crippen molar-refractivity contribution in [2.75, 3.05) is 18.5 Å². The summed E-state index contributed by atoms with van der Waals surface area (Å²) < 4.78 is 9.73. The maximum absolute atomic E-state index is 13.4. The fourth-order valence-corrected chi connectivity index (χ4v) is 5.54. The Morgan fingerprint density at radius 3 is 2.57 bits per heavy atom. The molecule has 5 aromatic rings. The first kappa shape index (κ1) is 29.4. The van der Waals surface area contributed by atoms with Crippen molar-refractivity contribution in [3.8, 4) is 16.8 Å². The zero-order valence-electron chi connectivity index (χ0n) is 24.7. The molecule has 0 aliphatic rings. The number of benzene rings is 3. The molecule has 0 atom stereocenters. The Balaban J connectivity index is 1.32. The number of imidazole rings is 1. The summed E-state index contributed by atoms with van der Waals surface area (Å²) in [5.41, 5.74) is 11.1. The molecule has 2 aromatic heterocycles. The number of hydrogen-bond acceptors (Lipinski definition) is 5. The molecule has 0 saturated carbocycles. The highest BCUT2D eigenvalue weighted by Crippen LogP contribution is 2.26. The standard InChI is InChI=1S/C33H40N6O2Si/c1-42(2,3)19-18-41-24-39-31-16-15-26(21-28(31)22-35-39)25-10-9-11-27(20-25)32(40)37-33-36-29(12-7-8-17-34)23-38(33)30-13-5-4-6-14-30/h4-6,9-11,13-16,20-23H,7-8,12,17-19,24,34H2,1-3H3,(H,36,37,40). The lowest BCUT2D eigenvalue weighted by molar-refractivity contribution is 0.0817. The van der Waals surface area contributed by atoms with Gasteiger partial charge in [-0.05, 0) is 79.4 Å². The maximum atomic E-state index is 13.4. The largest absolute Gasteiger partial charge is 0.360 e. The van der Waals surface area contributed by atoms with E-state index in [0.717, 1.165) is 65.3 Å². The molecule has 3 N–H and O–H groups in total. The van der Waals surface area contributed by atoms with Crippen molar-refractivity contribution in [3.05, 3.63) is 96.4 Å². The van der Waals surface area contributed by atoms with E-state index in [4.69, 9.17) is 15.5 Å². The SMILES string of the molecule is C[Si](C)(C)CCOCn1ncc2cc(-c3cccc(C(=O)Nc4nc(CCCCN)cn4-c4ccccc4)c3)ccc21. The lowest BCUT2D eigenvalue weighted by Crippen LogP contribution is -2.22. The first-order valence-corrected chi connectivity index (χ1v) is 18.3. The van der Waals surface area contributed by atoms with Crippen LogP contribution in [0.2, 0.25) is 25.7 Å². The Morgan fingerprint density at radius 1 is 0.976 bits per heavy atom. The summed E-state index contributed by atoms with van der Waals surface area (Å²) >= 11 is 0.